The van der Waals surface area contributed by atoms with Crippen LogP contribution in [0.1, 0.15) is 45.5 Å². The van der Waals surface area contributed by atoms with Crippen LogP contribution in [0, 0.1) is 6.92 Å². The first kappa shape index (κ1) is 39.9. The maximum atomic E-state index is 13.3. The summed E-state index contributed by atoms with van der Waals surface area (Å²) in [7, 11) is 6.03. The molecule has 0 aromatic heterocycles. The second-order valence-corrected chi connectivity index (χ2v) is 10.1. The molecule has 0 bridgehead atoms. The normalized spacial score (nSPS) is 11.3. The van der Waals surface area contributed by atoms with Crippen LogP contribution in [0.25, 0.3) is 0 Å². The van der Waals surface area contributed by atoms with Gasteiger partial charge in [0.25, 0.3) is 11.8 Å². The van der Waals surface area contributed by atoms with Gasteiger partial charge in [0.15, 0.2) is 0 Å². The van der Waals surface area contributed by atoms with E-state index in [2.05, 4.69) is 31.9 Å². The van der Waals surface area contributed by atoms with Crippen molar-refractivity contribution in [3.8, 4) is 0 Å². The Kier molecular flexibility index (Phi) is 20.2. The van der Waals surface area contributed by atoms with Crippen molar-refractivity contribution in [2.24, 2.45) is 0 Å². The van der Waals surface area contributed by atoms with Crippen molar-refractivity contribution in [1.29, 1.82) is 0 Å². The number of hydrogen-bond donors (Lipinski definition) is 6. The monoisotopic (exact) mass is 652 g/mol. The van der Waals surface area contributed by atoms with Gasteiger partial charge in [0, 0.05) is 58.6 Å². The molecule has 258 valence electrons. The first-order valence-electron chi connectivity index (χ1n) is 14.9. The van der Waals surface area contributed by atoms with E-state index in [1.165, 1.54) is 34.3 Å². The summed E-state index contributed by atoms with van der Waals surface area (Å²) < 4.78 is 22.1. The Labute approximate surface area is 269 Å². The number of likely N-dealkylation sites (N-methyl/N-ethyl adjacent to an activating group) is 1. The predicted octanol–water partition coefficient (Wildman–Crippen LogP) is -1.59. The van der Waals surface area contributed by atoms with E-state index in [1.807, 2.05) is 0 Å². The number of hydrogen-bond acceptors (Lipinski definition) is 10. The molecular weight excluding hydrogens is 604 g/mol. The van der Waals surface area contributed by atoms with Gasteiger partial charge < -0.3 is 50.8 Å². The summed E-state index contributed by atoms with van der Waals surface area (Å²) in [4.78, 5) is 72.6. The molecule has 0 radical (unpaired) electrons. The van der Waals surface area contributed by atoms with Crippen LogP contribution in [-0.2, 0) is 38.1 Å². The average molecular weight is 653 g/mol. The first-order valence-corrected chi connectivity index (χ1v) is 14.9. The van der Waals surface area contributed by atoms with Gasteiger partial charge in [-0.3, -0.25) is 28.8 Å². The van der Waals surface area contributed by atoms with Crippen molar-refractivity contribution in [2.75, 3.05) is 81.0 Å². The standard InChI is InChI=1S/C30H48N6O10/c1-20-12-21(29(41)35-23(15-43-9-6-25(37)31-2)16-44-10-7-26(38)32-3)14-22(13-20)30(42)36-24(18-46-19-28(40)34-5)17-45-11-8-27(39)33-4/h12-14,23-24H,6-11,15-19H2,1-5H3,(H,31,37)(H,32,38)(H,33,39)(H,34,40)(H,35,41)(H,36,42). The fourth-order valence-corrected chi connectivity index (χ4v) is 3.76. The van der Waals surface area contributed by atoms with Gasteiger partial charge in [-0.2, -0.15) is 0 Å². The molecule has 0 fully saturated rings. The predicted molar refractivity (Wildman–Crippen MR) is 167 cm³/mol. The SMILES string of the molecule is CNC(=O)CCOCC(COCCC(=O)NC)NC(=O)c1cc(C)cc(C(=O)NC(COCCC(=O)NC)COCC(=O)NC)c1. The molecule has 16 nitrogen and oxygen atoms in total. The van der Waals surface area contributed by atoms with Gasteiger partial charge in [-0.25, -0.2) is 0 Å². The van der Waals surface area contributed by atoms with E-state index in [4.69, 9.17) is 18.9 Å². The van der Waals surface area contributed by atoms with E-state index in [0.29, 0.717) is 5.56 Å². The van der Waals surface area contributed by atoms with Crippen molar-refractivity contribution in [2.45, 2.75) is 38.3 Å². The number of ether oxygens (including phenoxy) is 4. The third-order valence-electron chi connectivity index (χ3n) is 6.32. The summed E-state index contributed by atoms with van der Waals surface area (Å²) in [5.41, 5.74) is 1.05. The molecule has 6 N–H and O–H groups in total. The zero-order valence-corrected chi connectivity index (χ0v) is 27.2. The van der Waals surface area contributed by atoms with Crippen LogP contribution in [0.15, 0.2) is 18.2 Å². The van der Waals surface area contributed by atoms with Crippen LogP contribution in [-0.4, -0.2) is 129 Å². The smallest absolute Gasteiger partial charge is 0.251 e. The van der Waals surface area contributed by atoms with Gasteiger partial charge in [-0.05, 0) is 30.7 Å². The Morgan fingerprint density at radius 1 is 0.543 bits per heavy atom. The summed E-state index contributed by atoms with van der Waals surface area (Å²) in [6, 6.07) is 3.38. The van der Waals surface area contributed by atoms with E-state index < -0.39 is 23.9 Å². The molecule has 0 heterocycles. The Hall–Kier alpha value is -4.12. The van der Waals surface area contributed by atoms with Crippen molar-refractivity contribution in [1.82, 2.24) is 31.9 Å². The zero-order chi connectivity index (χ0) is 34.3. The third-order valence-corrected chi connectivity index (χ3v) is 6.32. The number of carbonyl (C=O) groups excluding carboxylic acids is 6. The largest absolute Gasteiger partial charge is 0.379 e. The summed E-state index contributed by atoms with van der Waals surface area (Å²) in [5, 5.41) is 15.6. The molecule has 1 atom stereocenters. The highest BCUT2D eigenvalue weighted by Crippen LogP contribution is 2.11. The Balaban J connectivity index is 2.95. The zero-order valence-electron chi connectivity index (χ0n) is 27.2. The van der Waals surface area contributed by atoms with Gasteiger partial charge in [0.05, 0.1) is 58.3 Å². The van der Waals surface area contributed by atoms with E-state index >= 15 is 0 Å². The lowest BCUT2D eigenvalue weighted by atomic mass is 10.0. The molecule has 1 aromatic rings. The lowest BCUT2D eigenvalue weighted by Crippen LogP contribution is -2.43. The third kappa shape index (κ3) is 17.4. The van der Waals surface area contributed by atoms with Crippen molar-refractivity contribution >= 4 is 35.4 Å². The van der Waals surface area contributed by atoms with E-state index in [0.717, 1.165) is 0 Å². The van der Waals surface area contributed by atoms with Gasteiger partial charge in [0.1, 0.15) is 6.61 Å². The minimum absolute atomic E-state index is 0.0111. The van der Waals surface area contributed by atoms with Crippen LogP contribution in [0.5, 0.6) is 0 Å². The number of rotatable bonds is 23. The highest BCUT2D eigenvalue weighted by molar-refractivity contribution is 6.00. The molecule has 0 saturated carbocycles. The maximum absolute atomic E-state index is 13.3. The molecule has 16 heteroatoms. The Bertz CT molecular complexity index is 1130. The van der Waals surface area contributed by atoms with Crippen LogP contribution in [0.4, 0.5) is 0 Å². The van der Waals surface area contributed by atoms with Gasteiger partial charge in [0.2, 0.25) is 23.6 Å². The van der Waals surface area contributed by atoms with Crippen LogP contribution in [0.3, 0.4) is 0 Å². The first-order chi connectivity index (χ1) is 22.0. The van der Waals surface area contributed by atoms with Gasteiger partial charge >= 0.3 is 0 Å². The van der Waals surface area contributed by atoms with Gasteiger partial charge in [-0.15, -0.1) is 0 Å². The molecule has 0 aliphatic rings. The quantitative estimate of drug-likeness (QED) is 0.0747. The lowest BCUT2D eigenvalue weighted by molar-refractivity contribution is -0.126. The molecule has 1 unspecified atom stereocenters. The summed E-state index contributed by atoms with van der Waals surface area (Å²) in [6.07, 6.45) is 0.413. The maximum Gasteiger partial charge on any atom is 0.251 e. The molecule has 0 saturated heterocycles. The van der Waals surface area contributed by atoms with Gasteiger partial charge in [-0.1, -0.05) is 0 Å². The number of nitrogens with one attached hydrogen (secondary N) is 6. The molecule has 0 aliphatic heterocycles. The number of aryl methyl sites for hydroxylation is 1. The molecular formula is C30H48N6O10. The summed E-state index contributed by atoms with van der Waals surface area (Å²) in [5.74, 6) is -1.92. The highest BCUT2D eigenvalue weighted by Gasteiger charge is 2.20. The Morgan fingerprint density at radius 3 is 1.24 bits per heavy atom. The Morgan fingerprint density at radius 2 is 0.891 bits per heavy atom. The molecule has 0 aliphatic carbocycles. The number of carbonyl (C=O) groups is 6. The number of amides is 6. The van der Waals surface area contributed by atoms with Crippen molar-refractivity contribution < 1.29 is 47.7 Å². The molecule has 1 rings (SSSR count). The molecule has 6 amide bonds. The van der Waals surface area contributed by atoms with Crippen LogP contribution in [0.2, 0.25) is 0 Å². The van der Waals surface area contributed by atoms with E-state index in [1.54, 1.807) is 19.1 Å². The highest BCUT2D eigenvalue weighted by atomic mass is 16.5. The second-order valence-electron chi connectivity index (χ2n) is 10.1. The number of benzene rings is 1. The van der Waals surface area contributed by atoms with Crippen molar-refractivity contribution in [3.63, 3.8) is 0 Å². The van der Waals surface area contributed by atoms with Crippen LogP contribution < -0.4 is 31.9 Å². The molecule has 46 heavy (non-hydrogen) atoms. The minimum atomic E-state index is -0.664. The average Bonchev–Trinajstić information content (AvgIpc) is 3.05. The van der Waals surface area contributed by atoms with E-state index in [-0.39, 0.29) is 107 Å². The van der Waals surface area contributed by atoms with E-state index in [9.17, 15) is 28.8 Å². The molecule has 0 spiro atoms. The topological polar surface area (TPSA) is 212 Å². The van der Waals surface area contributed by atoms with Crippen LogP contribution >= 0.6 is 0 Å². The fraction of sp³-hybridized carbons (Fsp3) is 0.600. The fourth-order valence-electron chi connectivity index (χ4n) is 3.76. The summed E-state index contributed by atoms with van der Waals surface area (Å²) in [6.45, 7) is 1.94. The summed E-state index contributed by atoms with van der Waals surface area (Å²) >= 11 is 0. The molecule has 1 aromatic carbocycles. The lowest BCUT2D eigenvalue weighted by Gasteiger charge is -2.20. The van der Waals surface area contributed by atoms with Crippen molar-refractivity contribution in [3.05, 3.63) is 34.9 Å². The minimum Gasteiger partial charge on any atom is -0.379 e. The second kappa shape index (κ2) is 23.3.